The van der Waals surface area contributed by atoms with Gasteiger partial charge >= 0.3 is 0 Å². The van der Waals surface area contributed by atoms with Gasteiger partial charge in [0.2, 0.25) is 0 Å². The van der Waals surface area contributed by atoms with Crippen LogP contribution in [-0.2, 0) is 6.42 Å². The molecule has 0 aromatic heterocycles. The number of hydrogen-bond donors (Lipinski definition) is 1. The van der Waals surface area contributed by atoms with Crippen LogP contribution in [0, 0.1) is 11.3 Å². The second kappa shape index (κ2) is 6.88. The van der Waals surface area contributed by atoms with Crippen LogP contribution < -0.4 is 5.32 Å². The van der Waals surface area contributed by atoms with Crippen LogP contribution in [0.5, 0.6) is 0 Å². The average molecular weight is 264 g/mol. The van der Waals surface area contributed by atoms with E-state index in [2.05, 4.69) is 55.6 Å². The fourth-order valence-electron chi connectivity index (χ4n) is 2.43. The molecule has 1 N–H and O–H groups in total. The third-order valence-corrected chi connectivity index (χ3v) is 3.43. The van der Waals surface area contributed by atoms with Gasteiger partial charge < -0.3 is 5.32 Å². The number of nitrogens with one attached hydrogen (secondary N) is 1. The minimum absolute atomic E-state index is 0.238. The Morgan fingerprint density at radius 2 is 1.80 bits per heavy atom. The zero-order chi connectivity index (χ0) is 14.4. The molecule has 2 heteroatoms. The lowest BCUT2D eigenvalue weighted by Crippen LogP contribution is -2.30. The van der Waals surface area contributed by atoms with Gasteiger partial charge in [-0.05, 0) is 43.5 Å². The summed E-state index contributed by atoms with van der Waals surface area (Å²) < 4.78 is 0. The first kappa shape index (κ1) is 14.3. The van der Waals surface area contributed by atoms with Crippen molar-refractivity contribution in [1.82, 2.24) is 5.32 Å². The molecular weight excluding hydrogens is 244 g/mol. The topological polar surface area (TPSA) is 35.8 Å². The van der Waals surface area contributed by atoms with Gasteiger partial charge in [0.15, 0.2) is 0 Å². The molecule has 0 heterocycles. The van der Waals surface area contributed by atoms with Gasteiger partial charge in [0.05, 0.1) is 11.6 Å². The number of hydrogen-bond acceptors (Lipinski definition) is 2. The highest BCUT2D eigenvalue weighted by atomic mass is 14.9. The highest BCUT2D eigenvalue weighted by molar-refractivity contribution is 5.34. The Kier molecular flexibility index (Phi) is 4.92. The Morgan fingerprint density at radius 3 is 2.50 bits per heavy atom. The van der Waals surface area contributed by atoms with Gasteiger partial charge in [-0.1, -0.05) is 42.5 Å². The highest BCUT2D eigenvalue weighted by Gasteiger charge is 2.10. The lowest BCUT2D eigenvalue weighted by molar-refractivity contribution is 0.477. The molecule has 0 amide bonds. The zero-order valence-corrected chi connectivity index (χ0v) is 12.0. The minimum atomic E-state index is 0.238. The summed E-state index contributed by atoms with van der Waals surface area (Å²) in [5.74, 6) is 0. The quantitative estimate of drug-likeness (QED) is 0.890. The van der Waals surface area contributed by atoms with E-state index in [9.17, 15) is 0 Å². The van der Waals surface area contributed by atoms with Crippen LogP contribution in [0.2, 0.25) is 0 Å². The van der Waals surface area contributed by atoms with E-state index in [4.69, 9.17) is 5.26 Å². The van der Waals surface area contributed by atoms with Crippen molar-refractivity contribution in [3.8, 4) is 6.07 Å². The van der Waals surface area contributed by atoms with Crippen molar-refractivity contribution >= 4 is 0 Å². The Hall–Kier alpha value is -2.11. The van der Waals surface area contributed by atoms with E-state index < -0.39 is 0 Å². The van der Waals surface area contributed by atoms with Gasteiger partial charge in [0.25, 0.3) is 0 Å². The predicted molar refractivity (Wildman–Crippen MR) is 82.3 cm³/mol. The van der Waals surface area contributed by atoms with Crippen LogP contribution in [0.4, 0.5) is 0 Å². The molecule has 0 radical (unpaired) electrons. The third kappa shape index (κ3) is 3.94. The molecule has 0 aliphatic carbocycles. The Balaban J connectivity index is 1.97. The van der Waals surface area contributed by atoms with Crippen LogP contribution in [0.15, 0.2) is 54.6 Å². The van der Waals surface area contributed by atoms with Crippen LogP contribution >= 0.6 is 0 Å². The van der Waals surface area contributed by atoms with Gasteiger partial charge in [0.1, 0.15) is 0 Å². The summed E-state index contributed by atoms with van der Waals surface area (Å²) in [4.78, 5) is 0. The average Bonchev–Trinajstić information content (AvgIpc) is 2.48. The van der Waals surface area contributed by atoms with E-state index in [1.165, 1.54) is 5.56 Å². The largest absolute Gasteiger partial charge is 0.307 e. The fourth-order valence-corrected chi connectivity index (χ4v) is 2.43. The first-order valence-corrected chi connectivity index (χ1v) is 6.99. The summed E-state index contributed by atoms with van der Waals surface area (Å²) in [6, 6.07) is 21.1. The van der Waals surface area contributed by atoms with Crippen molar-refractivity contribution in [3.05, 3.63) is 71.3 Å². The van der Waals surface area contributed by atoms with Crippen molar-refractivity contribution < 1.29 is 0 Å². The van der Waals surface area contributed by atoms with E-state index in [0.29, 0.717) is 11.6 Å². The summed E-state index contributed by atoms with van der Waals surface area (Å²) >= 11 is 0. The van der Waals surface area contributed by atoms with E-state index >= 15 is 0 Å². The number of rotatable bonds is 5. The zero-order valence-electron chi connectivity index (χ0n) is 12.0. The van der Waals surface area contributed by atoms with Crippen LogP contribution in [0.25, 0.3) is 0 Å². The van der Waals surface area contributed by atoms with Crippen LogP contribution in [0.3, 0.4) is 0 Å². The molecule has 2 atom stereocenters. The van der Waals surface area contributed by atoms with Crippen LogP contribution in [-0.4, -0.2) is 6.04 Å². The summed E-state index contributed by atoms with van der Waals surface area (Å²) in [6.45, 7) is 4.33. The smallest absolute Gasteiger partial charge is 0.0991 e. The van der Waals surface area contributed by atoms with E-state index in [0.717, 1.165) is 12.0 Å². The number of nitriles is 1. The summed E-state index contributed by atoms with van der Waals surface area (Å²) in [6.07, 6.45) is 1.00. The first-order valence-electron chi connectivity index (χ1n) is 6.99. The van der Waals surface area contributed by atoms with Crippen LogP contribution in [0.1, 0.15) is 36.6 Å². The third-order valence-electron chi connectivity index (χ3n) is 3.43. The number of nitrogens with zero attached hydrogens (tertiary/aromatic N) is 1. The van der Waals surface area contributed by atoms with E-state index in [-0.39, 0.29) is 6.04 Å². The lowest BCUT2D eigenvalue weighted by Gasteiger charge is -2.20. The molecule has 2 aromatic carbocycles. The summed E-state index contributed by atoms with van der Waals surface area (Å²) in [5.41, 5.74) is 3.21. The lowest BCUT2D eigenvalue weighted by atomic mass is 10.0. The van der Waals surface area contributed by atoms with Crippen molar-refractivity contribution in [3.63, 3.8) is 0 Å². The monoisotopic (exact) mass is 264 g/mol. The molecule has 102 valence electrons. The van der Waals surface area contributed by atoms with Crippen molar-refractivity contribution in [2.75, 3.05) is 0 Å². The van der Waals surface area contributed by atoms with E-state index in [1.807, 2.05) is 24.3 Å². The maximum atomic E-state index is 8.95. The maximum Gasteiger partial charge on any atom is 0.0991 e. The first-order chi connectivity index (χ1) is 9.69. The molecule has 0 saturated carbocycles. The second-order valence-electron chi connectivity index (χ2n) is 5.22. The molecule has 2 rings (SSSR count). The maximum absolute atomic E-state index is 8.95. The second-order valence-corrected chi connectivity index (χ2v) is 5.22. The Bertz CT molecular complexity index is 584. The van der Waals surface area contributed by atoms with Gasteiger partial charge in [-0.25, -0.2) is 0 Å². The highest BCUT2D eigenvalue weighted by Crippen LogP contribution is 2.15. The molecule has 0 aliphatic heterocycles. The van der Waals surface area contributed by atoms with E-state index in [1.54, 1.807) is 0 Å². The minimum Gasteiger partial charge on any atom is -0.307 e. The molecule has 2 aromatic rings. The normalized spacial score (nSPS) is 13.4. The van der Waals surface area contributed by atoms with Crippen molar-refractivity contribution in [2.45, 2.75) is 32.4 Å². The standard InChI is InChI=1S/C18H20N2/c1-14(11-16-7-4-3-5-8-16)20-15(2)18-10-6-9-17(12-18)13-19/h3-10,12,14-15,20H,11H2,1-2H3. The molecule has 20 heavy (non-hydrogen) atoms. The van der Waals surface area contributed by atoms with Crippen molar-refractivity contribution in [2.24, 2.45) is 0 Å². The molecule has 0 bridgehead atoms. The molecule has 2 unspecified atom stereocenters. The Labute approximate surface area is 121 Å². The van der Waals surface area contributed by atoms with Gasteiger partial charge in [-0.15, -0.1) is 0 Å². The molecule has 0 aliphatic rings. The van der Waals surface area contributed by atoms with Gasteiger partial charge in [-0.3, -0.25) is 0 Å². The molecular formula is C18H20N2. The molecule has 0 fully saturated rings. The molecule has 0 spiro atoms. The van der Waals surface area contributed by atoms with Gasteiger partial charge in [0, 0.05) is 12.1 Å². The van der Waals surface area contributed by atoms with Gasteiger partial charge in [-0.2, -0.15) is 5.26 Å². The Morgan fingerprint density at radius 1 is 1.05 bits per heavy atom. The molecule has 2 nitrogen and oxygen atoms in total. The number of benzene rings is 2. The molecule has 0 saturated heterocycles. The summed E-state index contributed by atoms with van der Waals surface area (Å²) in [5, 5.41) is 12.5. The predicted octanol–water partition coefficient (Wildman–Crippen LogP) is 3.84. The SMILES string of the molecule is CC(Cc1ccccc1)NC(C)c1cccc(C#N)c1. The fraction of sp³-hybridized carbons (Fsp3) is 0.278. The van der Waals surface area contributed by atoms with Crippen molar-refractivity contribution in [1.29, 1.82) is 5.26 Å². The summed E-state index contributed by atoms with van der Waals surface area (Å²) in [7, 11) is 0.